The Balaban J connectivity index is 1.77. The second-order valence-corrected chi connectivity index (χ2v) is 6.35. The van der Waals surface area contributed by atoms with Gasteiger partial charge in [0.2, 0.25) is 5.91 Å². The molecule has 2 atom stereocenters. The van der Waals surface area contributed by atoms with E-state index < -0.39 is 23.7 Å². The number of carboxylic acids is 1. The number of anilines is 2. The first-order valence-corrected chi connectivity index (χ1v) is 8.70. The van der Waals surface area contributed by atoms with E-state index >= 15 is 0 Å². The molecule has 0 saturated carbocycles. The summed E-state index contributed by atoms with van der Waals surface area (Å²) in [7, 11) is 0. The van der Waals surface area contributed by atoms with Crippen molar-refractivity contribution in [3.05, 3.63) is 72.3 Å². The molecule has 0 radical (unpaired) electrons. The predicted molar refractivity (Wildman–Crippen MR) is 102 cm³/mol. The third-order valence-corrected chi connectivity index (χ3v) is 4.55. The highest BCUT2D eigenvalue weighted by Gasteiger charge is 2.34. The van der Waals surface area contributed by atoms with Crippen molar-refractivity contribution in [2.24, 2.45) is 11.8 Å². The van der Waals surface area contributed by atoms with E-state index in [-0.39, 0.29) is 5.91 Å². The van der Waals surface area contributed by atoms with Gasteiger partial charge in [0.15, 0.2) is 0 Å². The molecule has 0 spiro atoms. The van der Waals surface area contributed by atoms with Crippen LogP contribution in [0, 0.1) is 11.8 Å². The summed E-state index contributed by atoms with van der Waals surface area (Å²) in [5.41, 5.74) is 1.31. The van der Waals surface area contributed by atoms with E-state index in [1.54, 1.807) is 42.5 Å². The van der Waals surface area contributed by atoms with Crippen LogP contribution in [0.15, 0.2) is 66.7 Å². The Morgan fingerprint density at radius 2 is 1.44 bits per heavy atom. The fourth-order valence-corrected chi connectivity index (χ4v) is 3.11. The monoisotopic (exact) mass is 364 g/mol. The average Bonchev–Trinajstić information content (AvgIpc) is 2.69. The summed E-state index contributed by atoms with van der Waals surface area (Å²) < 4.78 is 0. The number of hydrogen-bond acceptors (Lipinski definition) is 3. The van der Waals surface area contributed by atoms with Crippen LogP contribution in [0.25, 0.3) is 0 Å². The van der Waals surface area contributed by atoms with Crippen LogP contribution in [0.2, 0.25) is 0 Å². The molecule has 0 unspecified atom stereocenters. The minimum atomic E-state index is -0.991. The van der Waals surface area contributed by atoms with Crippen LogP contribution in [-0.2, 0) is 9.59 Å². The van der Waals surface area contributed by atoms with E-state index in [4.69, 9.17) is 0 Å². The number of rotatable bonds is 5. The van der Waals surface area contributed by atoms with Gasteiger partial charge in [0, 0.05) is 5.69 Å². The number of para-hydroxylation sites is 2. The first kappa shape index (κ1) is 18.4. The molecule has 3 rings (SSSR count). The van der Waals surface area contributed by atoms with E-state index in [0.29, 0.717) is 29.8 Å². The molecule has 0 aliphatic heterocycles. The third-order valence-electron chi connectivity index (χ3n) is 4.55. The molecule has 0 heterocycles. The Morgan fingerprint density at radius 3 is 2.15 bits per heavy atom. The minimum absolute atomic E-state index is 0.313. The van der Waals surface area contributed by atoms with Crippen molar-refractivity contribution in [1.29, 1.82) is 0 Å². The fourth-order valence-electron chi connectivity index (χ4n) is 3.11. The number of carboxylic acid groups (broad SMARTS) is 1. The van der Waals surface area contributed by atoms with Gasteiger partial charge in [0.05, 0.1) is 23.1 Å². The van der Waals surface area contributed by atoms with Gasteiger partial charge in [0.25, 0.3) is 5.91 Å². The SMILES string of the molecule is O=C(Nc1ccccc1)c1ccccc1NC(=O)[C@H]1CC=CC[C@H]1C(=O)O. The lowest BCUT2D eigenvalue weighted by Crippen LogP contribution is -2.35. The number of nitrogens with one attached hydrogen (secondary N) is 2. The summed E-state index contributed by atoms with van der Waals surface area (Å²) >= 11 is 0. The van der Waals surface area contributed by atoms with E-state index in [0.717, 1.165) is 0 Å². The number of hydrogen-bond donors (Lipinski definition) is 3. The zero-order chi connectivity index (χ0) is 19.2. The van der Waals surface area contributed by atoms with Gasteiger partial charge in [-0.05, 0) is 37.1 Å². The van der Waals surface area contributed by atoms with Crippen LogP contribution in [0.5, 0.6) is 0 Å². The maximum atomic E-state index is 12.7. The summed E-state index contributed by atoms with van der Waals surface area (Å²) in [6.07, 6.45) is 4.28. The van der Waals surface area contributed by atoms with Crippen LogP contribution in [0.4, 0.5) is 11.4 Å². The van der Waals surface area contributed by atoms with Crippen molar-refractivity contribution in [3.8, 4) is 0 Å². The molecule has 2 aromatic rings. The zero-order valence-corrected chi connectivity index (χ0v) is 14.6. The van der Waals surface area contributed by atoms with Gasteiger partial charge < -0.3 is 15.7 Å². The van der Waals surface area contributed by atoms with E-state index in [1.165, 1.54) is 0 Å². The average molecular weight is 364 g/mol. The highest BCUT2D eigenvalue weighted by atomic mass is 16.4. The number of aliphatic carboxylic acids is 1. The van der Waals surface area contributed by atoms with Gasteiger partial charge in [-0.25, -0.2) is 0 Å². The molecule has 0 saturated heterocycles. The normalized spacial score (nSPS) is 18.5. The molecule has 3 N–H and O–H groups in total. The quantitative estimate of drug-likeness (QED) is 0.707. The number of amides is 2. The Kier molecular flexibility index (Phi) is 5.66. The standard InChI is InChI=1S/C21H20N2O4/c24-19(15-10-4-5-11-16(15)21(26)27)23-18-13-7-6-12-17(18)20(25)22-14-8-2-1-3-9-14/h1-9,12-13,15-16H,10-11H2,(H,22,25)(H,23,24)(H,26,27)/t15-,16+/m0/s1. The molecule has 1 aliphatic carbocycles. The van der Waals surface area contributed by atoms with Crippen molar-refractivity contribution >= 4 is 29.2 Å². The number of carbonyl (C=O) groups excluding carboxylic acids is 2. The highest BCUT2D eigenvalue weighted by Crippen LogP contribution is 2.28. The summed E-state index contributed by atoms with van der Waals surface area (Å²) in [4.78, 5) is 36.7. The molecule has 27 heavy (non-hydrogen) atoms. The molecular weight excluding hydrogens is 344 g/mol. The first-order valence-electron chi connectivity index (χ1n) is 8.70. The topological polar surface area (TPSA) is 95.5 Å². The molecule has 6 heteroatoms. The van der Waals surface area contributed by atoms with Crippen molar-refractivity contribution in [2.45, 2.75) is 12.8 Å². The third kappa shape index (κ3) is 4.41. The van der Waals surface area contributed by atoms with Crippen LogP contribution in [-0.4, -0.2) is 22.9 Å². The summed E-state index contributed by atoms with van der Waals surface area (Å²) in [6, 6.07) is 15.7. The minimum Gasteiger partial charge on any atom is -0.481 e. The predicted octanol–water partition coefficient (Wildman–Crippen LogP) is 3.54. The highest BCUT2D eigenvalue weighted by molar-refractivity contribution is 6.10. The Bertz CT molecular complexity index is 877. The van der Waals surface area contributed by atoms with E-state index in [9.17, 15) is 19.5 Å². The number of carbonyl (C=O) groups is 3. The molecule has 2 amide bonds. The zero-order valence-electron chi connectivity index (χ0n) is 14.6. The van der Waals surface area contributed by atoms with Crippen molar-refractivity contribution < 1.29 is 19.5 Å². The van der Waals surface area contributed by atoms with Gasteiger partial charge >= 0.3 is 5.97 Å². The molecule has 138 valence electrons. The molecule has 0 fully saturated rings. The number of allylic oxidation sites excluding steroid dienone is 2. The van der Waals surface area contributed by atoms with Gasteiger partial charge in [-0.2, -0.15) is 0 Å². The molecule has 2 aromatic carbocycles. The summed E-state index contributed by atoms with van der Waals surface area (Å²) in [5.74, 6) is -3.17. The largest absolute Gasteiger partial charge is 0.481 e. The molecule has 0 bridgehead atoms. The van der Waals surface area contributed by atoms with E-state index in [2.05, 4.69) is 10.6 Å². The maximum Gasteiger partial charge on any atom is 0.307 e. The van der Waals surface area contributed by atoms with Crippen molar-refractivity contribution in [2.75, 3.05) is 10.6 Å². The smallest absolute Gasteiger partial charge is 0.307 e. The Morgan fingerprint density at radius 1 is 0.815 bits per heavy atom. The molecule has 6 nitrogen and oxygen atoms in total. The molecule has 1 aliphatic rings. The molecule has 0 aromatic heterocycles. The van der Waals surface area contributed by atoms with Gasteiger partial charge in [0.1, 0.15) is 0 Å². The lowest BCUT2D eigenvalue weighted by molar-refractivity contribution is -0.146. The van der Waals surface area contributed by atoms with Gasteiger partial charge in [-0.3, -0.25) is 14.4 Å². The van der Waals surface area contributed by atoms with Crippen LogP contribution in [0.1, 0.15) is 23.2 Å². The fraction of sp³-hybridized carbons (Fsp3) is 0.190. The summed E-state index contributed by atoms with van der Waals surface area (Å²) in [6.45, 7) is 0. The van der Waals surface area contributed by atoms with Crippen LogP contribution < -0.4 is 10.6 Å². The summed E-state index contributed by atoms with van der Waals surface area (Å²) in [5, 5.41) is 14.9. The van der Waals surface area contributed by atoms with Crippen molar-refractivity contribution in [1.82, 2.24) is 0 Å². The number of benzene rings is 2. The second-order valence-electron chi connectivity index (χ2n) is 6.35. The maximum absolute atomic E-state index is 12.7. The first-order chi connectivity index (χ1) is 13.1. The lowest BCUT2D eigenvalue weighted by Gasteiger charge is -2.24. The van der Waals surface area contributed by atoms with Crippen LogP contribution in [0.3, 0.4) is 0 Å². The molecular formula is C21H20N2O4. The van der Waals surface area contributed by atoms with Crippen molar-refractivity contribution in [3.63, 3.8) is 0 Å². The Hall–Kier alpha value is -3.41. The second kappa shape index (κ2) is 8.31. The van der Waals surface area contributed by atoms with Gasteiger partial charge in [-0.1, -0.05) is 42.5 Å². The van der Waals surface area contributed by atoms with Crippen LogP contribution >= 0.6 is 0 Å². The van der Waals surface area contributed by atoms with Gasteiger partial charge in [-0.15, -0.1) is 0 Å². The van der Waals surface area contributed by atoms with E-state index in [1.807, 2.05) is 24.3 Å². The Labute approximate surface area is 156 Å². The lowest BCUT2D eigenvalue weighted by atomic mass is 9.82.